The summed E-state index contributed by atoms with van der Waals surface area (Å²) in [6.07, 6.45) is 3.71. The van der Waals surface area contributed by atoms with E-state index in [4.69, 9.17) is 11.6 Å². The Morgan fingerprint density at radius 2 is 2.21 bits per heavy atom. The predicted molar refractivity (Wildman–Crippen MR) is 73.3 cm³/mol. The fourth-order valence-corrected chi connectivity index (χ4v) is 1.78. The van der Waals surface area contributed by atoms with Crippen LogP contribution in [0.3, 0.4) is 0 Å². The second-order valence-corrected chi connectivity index (χ2v) is 4.42. The molecule has 98 valence electrons. The number of carbonyl (C=O) groups excluding carboxylic acids is 1. The van der Waals surface area contributed by atoms with Crippen molar-refractivity contribution in [1.82, 2.24) is 15.2 Å². The summed E-state index contributed by atoms with van der Waals surface area (Å²) < 4.78 is 0. The Morgan fingerprint density at radius 3 is 2.89 bits per heavy atom. The molecule has 0 fully saturated rings. The summed E-state index contributed by atoms with van der Waals surface area (Å²) in [5.41, 5.74) is 2.34. The maximum absolute atomic E-state index is 12.2. The summed E-state index contributed by atoms with van der Waals surface area (Å²) in [6, 6.07) is 3.33. The number of amides is 1. The number of hydrogen-bond acceptors (Lipinski definition) is 4. The SMILES string of the molecule is CCc1nnc(C)cc1C(=O)Nc1cnccc1Cl. The molecule has 1 amide bonds. The van der Waals surface area contributed by atoms with E-state index < -0.39 is 0 Å². The van der Waals surface area contributed by atoms with Gasteiger partial charge in [-0.3, -0.25) is 9.78 Å². The second-order valence-electron chi connectivity index (χ2n) is 4.01. The zero-order valence-corrected chi connectivity index (χ0v) is 11.4. The lowest BCUT2D eigenvalue weighted by Crippen LogP contribution is -2.16. The number of carbonyl (C=O) groups is 1. The van der Waals surface area contributed by atoms with Crippen LogP contribution in [-0.2, 0) is 6.42 Å². The summed E-state index contributed by atoms with van der Waals surface area (Å²) >= 11 is 5.98. The average Bonchev–Trinajstić information content (AvgIpc) is 2.41. The van der Waals surface area contributed by atoms with E-state index in [0.29, 0.717) is 34.1 Å². The van der Waals surface area contributed by atoms with E-state index >= 15 is 0 Å². The maximum Gasteiger partial charge on any atom is 0.257 e. The smallest absolute Gasteiger partial charge is 0.257 e. The van der Waals surface area contributed by atoms with Crippen LogP contribution in [-0.4, -0.2) is 21.1 Å². The lowest BCUT2D eigenvalue weighted by molar-refractivity contribution is 0.102. The van der Waals surface area contributed by atoms with Crippen LogP contribution in [0.5, 0.6) is 0 Å². The minimum Gasteiger partial charge on any atom is -0.319 e. The average molecular weight is 277 g/mol. The van der Waals surface area contributed by atoms with Gasteiger partial charge in [-0.2, -0.15) is 10.2 Å². The molecule has 1 N–H and O–H groups in total. The van der Waals surface area contributed by atoms with E-state index in [0.717, 1.165) is 0 Å². The Morgan fingerprint density at radius 1 is 1.42 bits per heavy atom. The number of nitrogens with one attached hydrogen (secondary N) is 1. The fraction of sp³-hybridized carbons (Fsp3) is 0.231. The minimum atomic E-state index is -0.259. The maximum atomic E-state index is 12.2. The normalized spacial score (nSPS) is 10.3. The zero-order chi connectivity index (χ0) is 13.8. The highest BCUT2D eigenvalue weighted by Crippen LogP contribution is 2.20. The highest BCUT2D eigenvalue weighted by molar-refractivity contribution is 6.33. The quantitative estimate of drug-likeness (QED) is 0.936. The Hall–Kier alpha value is -2.01. The first-order valence-corrected chi connectivity index (χ1v) is 6.23. The molecule has 0 spiro atoms. The van der Waals surface area contributed by atoms with Gasteiger partial charge in [-0.05, 0) is 25.5 Å². The number of pyridine rings is 1. The van der Waals surface area contributed by atoms with Crippen molar-refractivity contribution in [2.24, 2.45) is 0 Å². The molecule has 0 bridgehead atoms. The molecule has 0 unspecified atom stereocenters. The molecule has 2 heterocycles. The molecule has 0 aliphatic carbocycles. The molecular formula is C13H13ClN4O. The van der Waals surface area contributed by atoms with Crippen molar-refractivity contribution < 1.29 is 4.79 Å². The van der Waals surface area contributed by atoms with Crippen molar-refractivity contribution in [3.05, 3.63) is 46.5 Å². The van der Waals surface area contributed by atoms with E-state index in [2.05, 4.69) is 20.5 Å². The molecule has 5 nitrogen and oxygen atoms in total. The number of hydrogen-bond donors (Lipinski definition) is 1. The van der Waals surface area contributed by atoms with Crippen LogP contribution in [0.4, 0.5) is 5.69 Å². The van der Waals surface area contributed by atoms with E-state index in [1.807, 2.05) is 6.92 Å². The molecule has 0 saturated heterocycles. The van der Waals surface area contributed by atoms with Gasteiger partial charge in [-0.15, -0.1) is 0 Å². The van der Waals surface area contributed by atoms with E-state index in [-0.39, 0.29) is 5.91 Å². The van der Waals surface area contributed by atoms with Crippen LogP contribution in [0.2, 0.25) is 5.02 Å². The van der Waals surface area contributed by atoms with Crippen LogP contribution in [0.25, 0.3) is 0 Å². The van der Waals surface area contributed by atoms with Crippen molar-refractivity contribution in [2.45, 2.75) is 20.3 Å². The van der Waals surface area contributed by atoms with Crippen LogP contribution in [0, 0.1) is 6.92 Å². The summed E-state index contributed by atoms with van der Waals surface area (Å²) in [5, 5.41) is 11.1. The Bertz CT molecular complexity index is 615. The first-order valence-electron chi connectivity index (χ1n) is 5.86. The molecule has 6 heteroatoms. The first-order chi connectivity index (χ1) is 9.11. The van der Waals surface area contributed by atoms with Crippen molar-refractivity contribution in [1.29, 1.82) is 0 Å². The third-order valence-electron chi connectivity index (χ3n) is 2.59. The Balaban J connectivity index is 2.30. The molecule has 0 atom stereocenters. The van der Waals surface area contributed by atoms with Crippen LogP contribution >= 0.6 is 11.6 Å². The topological polar surface area (TPSA) is 67.8 Å². The summed E-state index contributed by atoms with van der Waals surface area (Å²) in [7, 11) is 0. The molecule has 0 saturated carbocycles. The number of nitrogens with zero attached hydrogens (tertiary/aromatic N) is 3. The van der Waals surface area contributed by atoms with Gasteiger partial charge in [0.25, 0.3) is 5.91 Å². The van der Waals surface area contributed by atoms with Gasteiger partial charge in [0.15, 0.2) is 0 Å². The van der Waals surface area contributed by atoms with Gasteiger partial charge in [-0.1, -0.05) is 18.5 Å². The number of anilines is 1. The monoisotopic (exact) mass is 276 g/mol. The van der Waals surface area contributed by atoms with Gasteiger partial charge >= 0.3 is 0 Å². The minimum absolute atomic E-state index is 0.259. The van der Waals surface area contributed by atoms with Gasteiger partial charge in [0.1, 0.15) is 0 Å². The van der Waals surface area contributed by atoms with Gasteiger partial charge in [0.2, 0.25) is 0 Å². The number of aryl methyl sites for hydroxylation is 2. The predicted octanol–water partition coefficient (Wildman–Crippen LogP) is 2.65. The van der Waals surface area contributed by atoms with Crippen molar-refractivity contribution in [3.8, 4) is 0 Å². The standard InChI is InChI=1S/C13H13ClN4O/c1-3-11-9(6-8(2)17-18-11)13(19)16-12-7-15-5-4-10(12)14/h4-7H,3H2,1-2H3,(H,16,19). The molecule has 0 aromatic carbocycles. The molecule has 0 radical (unpaired) electrons. The van der Waals surface area contributed by atoms with Crippen LogP contribution < -0.4 is 5.32 Å². The third-order valence-corrected chi connectivity index (χ3v) is 2.92. The molecule has 19 heavy (non-hydrogen) atoms. The molecule has 2 rings (SSSR count). The van der Waals surface area contributed by atoms with E-state index in [1.54, 1.807) is 25.3 Å². The lowest BCUT2D eigenvalue weighted by atomic mass is 10.1. The highest BCUT2D eigenvalue weighted by atomic mass is 35.5. The molecule has 2 aromatic heterocycles. The van der Waals surface area contributed by atoms with Gasteiger partial charge in [0, 0.05) is 6.20 Å². The number of rotatable bonds is 3. The van der Waals surface area contributed by atoms with Gasteiger partial charge < -0.3 is 5.32 Å². The van der Waals surface area contributed by atoms with Gasteiger partial charge in [0.05, 0.1) is 33.9 Å². The highest BCUT2D eigenvalue weighted by Gasteiger charge is 2.14. The van der Waals surface area contributed by atoms with E-state index in [1.165, 1.54) is 6.20 Å². The lowest BCUT2D eigenvalue weighted by Gasteiger charge is -2.09. The summed E-state index contributed by atoms with van der Waals surface area (Å²) in [4.78, 5) is 16.2. The Kier molecular flexibility index (Phi) is 4.06. The largest absolute Gasteiger partial charge is 0.319 e. The second kappa shape index (κ2) is 5.75. The molecule has 0 aliphatic heterocycles. The van der Waals surface area contributed by atoms with Crippen LogP contribution in [0.1, 0.15) is 28.7 Å². The Labute approximate surface area is 116 Å². The van der Waals surface area contributed by atoms with Crippen LogP contribution in [0.15, 0.2) is 24.5 Å². The molecule has 2 aromatic rings. The van der Waals surface area contributed by atoms with E-state index in [9.17, 15) is 4.79 Å². The fourth-order valence-electron chi connectivity index (χ4n) is 1.63. The molecule has 0 aliphatic rings. The third kappa shape index (κ3) is 3.06. The summed E-state index contributed by atoms with van der Waals surface area (Å²) in [5.74, 6) is -0.259. The zero-order valence-electron chi connectivity index (χ0n) is 10.6. The van der Waals surface area contributed by atoms with Crippen molar-refractivity contribution in [3.63, 3.8) is 0 Å². The van der Waals surface area contributed by atoms with Crippen molar-refractivity contribution >= 4 is 23.2 Å². The summed E-state index contributed by atoms with van der Waals surface area (Å²) in [6.45, 7) is 3.72. The number of aromatic nitrogens is 3. The first kappa shape index (κ1) is 13.4. The number of halogens is 1. The molecular weight excluding hydrogens is 264 g/mol. The van der Waals surface area contributed by atoms with Crippen molar-refractivity contribution in [2.75, 3.05) is 5.32 Å². The van der Waals surface area contributed by atoms with Gasteiger partial charge in [-0.25, -0.2) is 0 Å².